The van der Waals surface area contributed by atoms with Crippen LogP contribution >= 0.6 is 22.6 Å². The van der Waals surface area contributed by atoms with Gasteiger partial charge in [0.25, 0.3) is 0 Å². The third kappa shape index (κ3) is 1.16. The van der Waals surface area contributed by atoms with Crippen molar-refractivity contribution >= 4 is 22.6 Å². The van der Waals surface area contributed by atoms with Crippen LogP contribution in [0.5, 0.6) is 0 Å². The third-order valence-corrected chi connectivity index (χ3v) is 2.79. The number of halogens is 1. The molecule has 0 aromatic carbocycles. The van der Waals surface area contributed by atoms with Crippen molar-refractivity contribution < 1.29 is 4.74 Å². The Kier molecular flexibility index (Phi) is 1.86. The van der Waals surface area contributed by atoms with Crippen molar-refractivity contribution in [2.75, 3.05) is 13.2 Å². The fraction of sp³-hybridized carbons (Fsp3) is 0.714. The molecule has 2 nitrogen and oxygen atoms in total. The molecule has 0 bridgehead atoms. The smallest absolute Gasteiger partial charge is 0.114 e. The SMILES string of the molecule is IC1CC2=C(CCN2)CO1. The Morgan fingerprint density at radius 3 is 3.40 bits per heavy atom. The van der Waals surface area contributed by atoms with Gasteiger partial charge in [0.1, 0.15) is 4.11 Å². The molecule has 0 aromatic heterocycles. The van der Waals surface area contributed by atoms with Gasteiger partial charge >= 0.3 is 0 Å². The van der Waals surface area contributed by atoms with E-state index in [4.69, 9.17) is 4.74 Å². The van der Waals surface area contributed by atoms with E-state index in [-0.39, 0.29) is 0 Å². The Bertz CT molecular complexity index is 178. The Morgan fingerprint density at radius 1 is 1.60 bits per heavy atom. The van der Waals surface area contributed by atoms with Gasteiger partial charge < -0.3 is 10.1 Å². The van der Waals surface area contributed by atoms with Crippen LogP contribution in [-0.4, -0.2) is 17.3 Å². The van der Waals surface area contributed by atoms with Gasteiger partial charge in [-0.3, -0.25) is 0 Å². The minimum Gasteiger partial charge on any atom is -0.388 e. The molecule has 2 aliphatic heterocycles. The first-order chi connectivity index (χ1) is 4.86. The number of hydrogen-bond acceptors (Lipinski definition) is 2. The van der Waals surface area contributed by atoms with E-state index in [0.29, 0.717) is 4.11 Å². The molecular formula is C7H10INO. The first kappa shape index (κ1) is 6.91. The second kappa shape index (κ2) is 2.70. The highest BCUT2D eigenvalue weighted by atomic mass is 127. The zero-order valence-electron chi connectivity index (χ0n) is 5.69. The minimum absolute atomic E-state index is 0.391. The molecule has 0 aromatic rings. The first-order valence-corrected chi connectivity index (χ1v) is 4.81. The Balaban J connectivity index is 2.13. The summed E-state index contributed by atoms with van der Waals surface area (Å²) in [4.78, 5) is 0. The van der Waals surface area contributed by atoms with Gasteiger partial charge in [0.05, 0.1) is 6.61 Å². The van der Waals surface area contributed by atoms with E-state index in [9.17, 15) is 0 Å². The number of alkyl halides is 1. The molecule has 0 radical (unpaired) electrons. The van der Waals surface area contributed by atoms with Gasteiger partial charge in [0, 0.05) is 18.7 Å². The Hall–Kier alpha value is 0.230. The van der Waals surface area contributed by atoms with Crippen molar-refractivity contribution in [3.63, 3.8) is 0 Å². The van der Waals surface area contributed by atoms with Gasteiger partial charge in [-0.2, -0.15) is 0 Å². The van der Waals surface area contributed by atoms with Gasteiger partial charge in [-0.25, -0.2) is 0 Å². The monoisotopic (exact) mass is 251 g/mol. The highest BCUT2D eigenvalue weighted by Crippen LogP contribution is 2.27. The van der Waals surface area contributed by atoms with Crippen LogP contribution in [0.1, 0.15) is 12.8 Å². The lowest BCUT2D eigenvalue weighted by Crippen LogP contribution is -2.18. The first-order valence-electron chi connectivity index (χ1n) is 3.57. The molecule has 56 valence electrons. The molecule has 3 heteroatoms. The topological polar surface area (TPSA) is 21.3 Å². The van der Waals surface area contributed by atoms with E-state index in [1.165, 1.54) is 17.7 Å². The second-order valence-electron chi connectivity index (χ2n) is 2.68. The van der Waals surface area contributed by atoms with Crippen LogP contribution in [0.25, 0.3) is 0 Å². The number of nitrogens with one attached hydrogen (secondary N) is 1. The van der Waals surface area contributed by atoms with E-state index in [1.807, 2.05) is 0 Å². The van der Waals surface area contributed by atoms with Crippen molar-refractivity contribution in [1.82, 2.24) is 5.32 Å². The summed E-state index contributed by atoms with van der Waals surface area (Å²) < 4.78 is 5.87. The number of ether oxygens (including phenoxy) is 1. The van der Waals surface area contributed by atoms with Crippen molar-refractivity contribution in [3.8, 4) is 0 Å². The van der Waals surface area contributed by atoms with Crippen molar-refractivity contribution in [1.29, 1.82) is 0 Å². The molecule has 1 N–H and O–H groups in total. The second-order valence-corrected chi connectivity index (χ2v) is 4.07. The summed E-state index contributed by atoms with van der Waals surface area (Å²) in [5.41, 5.74) is 2.94. The molecule has 0 fully saturated rings. The van der Waals surface area contributed by atoms with Crippen LogP contribution in [0.4, 0.5) is 0 Å². The average molecular weight is 251 g/mol. The lowest BCUT2D eigenvalue weighted by atomic mass is 10.1. The lowest BCUT2D eigenvalue weighted by molar-refractivity contribution is 0.131. The Morgan fingerprint density at radius 2 is 2.50 bits per heavy atom. The fourth-order valence-electron chi connectivity index (χ4n) is 1.43. The van der Waals surface area contributed by atoms with Gasteiger partial charge in [0.15, 0.2) is 0 Å². The summed E-state index contributed by atoms with van der Waals surface area (Å²) in [5.74, 6) is 0. The van der Waals surface area contributed by atoms with Crippen LogP contribution in [0.3, 0.4) is 0 Å². The van der Waals surface area contributed by atoms with Crippen LogP contribution in [-0.2, 0) is 4.74 Å². The van der Waals surface area contributed by atoms with Crippen molar-refractivity contribution in [2.24, 2.45) is 0 Å². The Labute approximate surface area is 74.2 Å². The maximum absolute atomic E-state index is 5.48. The standard InChI is InChI=1S/C7H10INO/c8-7-3-6-5(4-10-7)1-2-9-6/h7,9H,1-4H2. The molecular weight excluding hydrogens is 241 g/mol. The van der Waals surface area contributed by atoms with Gasteiger partial charge in [-0.1, -0.05) is 22.6 Å². The maximum Gasteiger partial charge on any atom is 0.114 e. The minimum atomic E-state index is 0.391. The molecule has 0 saturated carbocycles. The summed E-state index contributed by atoms with van der Waals surface area (Å²) in [6.45, 7) is 1.98. The predicted molar refractivity (Wildman–Crippen MR) is 48.0 cm³/mol. The number of hydrogen-bond donors (Lipinski definition) is 1. The average Bonchev–Trinajstić information content (AvgIpc) is 2.33. The summed E-state index contributed by atoms with van der Waals surface area (Å²) in [5, 5.41) is 3.38. The van der Waals surface area contributed by atoms with Crippen molar-refractivity contribution in [2.45, 2.75) is 17.0 Å². The van der Waals surface area contributed by atoms with Gasteiger partial charge in [-0.05, 0) is 12.0 Å². The van der Waals surface area contributed by atoms with E-state index in [1.54, 1.807) is 0 Å². The molecule has 0 aliphatic carbocycles. The van der Waals surface area contributed by atoms with Gasteiger partial charge in [0.2, 0.25) is 0 Å². The van der Waals surface area contributed by atoms with E-state index in [0.717, 1.165) is 19.6 Å². The maximum atomic E-state index is 5.48. The molecule has 2 rings (SSSR count). The van der Waals surface area contributed by atoms with Crippen molar-refractivity contribution in [3.05, 3.63) is 11.3 Å². The summed E-state index contributed by atoms with van der Waals surface area (Å²) in [6, 6.07) is 0. The summed E-state index contributed by atoms with van der Waals surface area (Å²) in [7, 11) is 0. The molecule has 10 heavy (non-hydrogen) atoms. The van der Waals surface area contributed by atoms with E-state index < -0.39 is 0 Å². The highest BCUT2D eigenvalue weighted by Gasteiger charge is 2.22. The van der Waals surface area contributed by atoms with Crippen LogP contribution in [0.15, 0.2) is 11.3 Å². The molecule has 2 heterocycles. The molecule has 2 aliphatic rings. The predicted octanol–water partition coefficient (Wildman–Crippen LogP) is 1.42. The van der Waals surface area contributed by atoms with E-state index in [2.05, 4.69) is 27.9 Å². The number of rotatable bonds is 0. The van der Waals surface area contributed by atoms with Crippen LogP contribution < -0.4 is 5.32 Å². The third-order valence-electron chi connectivity index (χ3n) is 1.99. The van der Waals surface area contributed by atoms with Gasteiger partial charge in [-0.15, -0.1) is 0 Å². The lowest BCUT2D eigenvalue weighted by Gasteiger charge is -2.19. The normalized spacial score (nSPS) is 31.9. The largest absolute Gasteiger partial charge is 0.388 e. The molecule has 1 atom stereocenters. The molecule has 0 saturated heterocycles. The molecule has 0 amide bonds. The van der Waals surface area contributed by atoms with E-state index >= 15 is 0 Å². The van der Waals surface area contributed by atoms with Crippen LogP contribution in [0, 0.1) is 0 Å². The molecule has 0 spiro atoms. The molecule has 1 unspecified atom stereocenters. The zero-order chi connectivity index (χ0) is 6.97. The fourth-order valence-corrected chi connectivity index (χ4v) is 2.05. The summed E-state index contributed by atoms with van der Waals surface area (Å²) in [6.07, 6.45) is 2.27. The summed E-state index contributed by atoms with van der Waals surface area (Å²) >= 11 is 2.34. The highest BCUT2D eigenvalue weighted by molar-refractivity contribution is 14.1. The van der Waals surface area contributed by atoms with Crippen LogP contribution in [0.2, 0.25) is 0 Å². The quantitative estimate of drug-likeness (QED) is 0.519. The zero-order valence-corrected chi connectivity index (χ0v) is 7.85.